The average Bonchev–Trinajstić information content (AvgIpc) is 2.28. The number of thioether (sulfide) groups is 1. The molecular weight excluding hydrogens is 222 g/mol. The third kappa shape index (κ3) is 4.74. The molecular formula is C12H23NO2S. The van der Waals surface area contributed by atoms with E-state index in [1.165, 1.54) is 25.7 Å². The second kappa shape index (κ2) is 7.17. The monoisotopic (exact) mass is 245 g/mol. The molecule has 2 atom stereocenters. The summed E-state index contributed by atoms with van der Waals surface area (Å²) in [5, 5.41) is 3.44. The van der Waals surface area contributed by atoms with Gasteiger partial charge in [-0.1, -0.05) is 13.8 Å². The van der Waals surface area contributed by atoms with E-state index in [0.717, 1.165) is 12.2 Å². The van der Waals surface area contributed by atoms with Crippen LogP contribution in [-0.4, -0.2) is 36.7 Å². The lowest BCUT2D eigenvalue weighted by atomic mass is 10.0. The molecule has 0 spiro atoms. The number of methoxy groups -OCH3 is 1. The van der Waals surface area contributed by atoms with Gasteiger partial charge >= 0.3 is 5.97 Å². The van der Waals surface area contributed by atoms with Crippen molar-refractivity contribution in [3.8, 4) is 0 Å². The van der Waals surface area contributed by atoms with Gasteiger partial charge in [0.2, 0.25) is 0 Å². The molecule has 1 aliphatic heterocycles. The number of hydrogen-bond donors (Lipinski definition) is 1. The number of nitrogens with one attached hydrogen (secondary N) is 1. The lowest BCUT2D eigenvalue weighted by Gasteiger charge is -2.27. The Morgan fingerprint density at radius 1 is 1.56 bits per heavy atom. The van der Waals surface area contributed by atoms with Crippen LogP contribution in [0.3, 0.4) is 0 Å². The highest BCUT2D eigenvalue weighted by molar-refractivity contribution is 7.99. The van der Waals surface area contributed by atoms with E-state index in [0.29, 0.717) is 12.0 Å². The smallest absolute Gasteiger partial charge is 0.322 e. The van der Waals surface area contributed by atoms with E-state index in [1.807, 2.05) is 11.8 Å². The summed E-state index contributed by atoms with van der Waals surface area (Å²) in [5.41, 5.74) is 0. The minimum Gasteiger partial charge on any atom is -0.468 e. The SMILES string of the molecule is COC(=O)C(CC(C)C)NC1CCCSC1. The average molecular weight is 245 g/mol. The lowest BCUT2D eigenvalue weighted by Crippen LogP contribution is -2.46. The summed E-state index contributed by atoms with van der Waals surface area (Å²) in [6.45, 7) is 4.26. The highest BCUT2D eigenvalue weighted by atomic mass is 32.2. The number of rotatable bonds is 5. The highest BCUT2D eigenvalue weighted by Crippen LogP contribution is 2.18. The lowest BCUT2D eigenvalue weighted by molar-refractivity contribution is -0.143. The number of ether oxygens (including phenoxy) is 1. The van der Waals surface area contributed by atoms with Crippen molar-refractivity contribution >= 4 is 17.7 Å². The van der Waals surface area contributed by atoms with Crippen LogP contribution in [0.1, 0.15) is 33.1 Å². The highest BCUT2D eigenvalue weighted by Gasteiger charge is 2.24. The second-order valence-electron chi connectivity index (χ2n) is 4.79. The molecule has 1 heterocycles. The molecule has 0 saturated carbocycles. The number of carbonyl (C=O) groups excluding carboxylic acids is 1. The number of esters is 1. The fraction of sp³-hybridized carbons (Fsp3) is 0.917. The summed E-state index contributed by atoms with van der Waals surface area (Å²) < 4.78 is 4.85. The summed E-state index contributed by atoms with van der Waals surface area (Å²) in [6.07, 6.45) is 3.28. The number of hydrogen-bond acceptors (Lipinski definition) is 4. The standard InChI is InChI=1S/C12H23NO2S/c1-9(2)7-11(12(14)15-3)13-10-5-4-6-16-8-10/h9-11,13H,4-8H2,1-3H3. The zero-order valence-corrected chi connectivity index (χ0v) is 11.3. The molecule has 1 N–H and O–H groups in total. The van der Waals surface area contributed by atoms with E-state index in [9.17, 15) is 4.79 Å². The Morgan fingerprint density at radius 3 is 2.81 bits per heavy atom. The van der Waals surface area contributed by atoms with Crippen molar-refractivity contribution < 1.29 is 9.53 Å². The van der Waals surface area contributed by atoms with Crippen molar-refractivity contribution in [3.63, 3.8) is 0 Å². The van der Waals surface area contributed by atoms with Crippen LogP contribution in [0.25, 0.3) is 0 Å². The zero-order chi connectivity index (χ0) is 12.0. The van der Waals surface area contributed by atoms with Gasteiger partial charge in [-0.25, -0.2) is 0 Å². The molecule has 0 amide bonds. The van der Waals surface area contributed by atoms with Gasteiger partial charge in [-0.2, -0.15) is 11.8 Å². The van der Waals surface area contributed by atoms with Crippen molar-refractivity contribution in [2.75, 3.05) is 18.6 Å². The van der Waals surface area contributed by atoms with Gasteiger partial charge in [0.15, 0.2) is 0 Å². The van der Waals surface area contributed by atoms with Crippen molar-refractivity contribution in [1.29, 1.82) is 0 Å². The fourth-order valence-corrected chi connectivity index (χ4v) is 3.09. The van der Waals surface area contributed by atoms with E-state index in [4.69, 9.17) is 4.74 Å². The van der Waals surface area contributed by atoms with Gasteiger partial charge in [0.25, 0.3) is 0 Å². The van der Waals surface area contributed by atoms with E-state index in [2.05, 4.69) is 19.2 Å². The third-order valence-corrected chi connectivity index (χ3v) is 4.01. The van der Waals surface area contributed by atoms with Crippen LogP contribution in [-0.2, 0) is 9.53 Å². The Hall–Kier alpha value is -0.220. The Labute approximate surface area is 103 Å². The number of carbonyl (C=O) groups is 1. The summed E-state index contributed by atoms with van der Waals surface area (Å²) in [5.74, 6) is 2.76. The molecule has 0 aromatic rings. The quantitative estimate of drug-likeness (QED) is 0.753. The predicted molar refractivity (Wildman–Crippen MR) is 68.7 cm³/mol. The van der Waals surface area contributed by atoms with Gasteiger partial charge in [0.1, 0.15) is 6.04 Å². The Morgan fingerprint density at radius 2 is 2.31 bits per heavy atom. The van der Waals surface area contributed by atoms with E-state index in [-0.39, 0.29) is 12.0 Å². The van der Waals surface area contributed by atoms with Crippen molar-refractivity contribution in [2.45, 2.75) is 45.2 Å². The first-order valence-corrected chi connectivity index (χ1v) is 7.20. The molecule has 1 saturated heterocycles. The molecule has 0 aromatic heterocycles. The molecule has 4 heteroatoms. The topological polar surface area (TPSA) is 38.3 Å². The molecule has 1 rings (SSSR count). The molecule has 94 valence electrons. The van der Waals surface area contributed by atoms with Crippen LogP contribution in [0.5, 0.6) is 0 Å². The first kappa shape index (κ1) is 13.8. The molecule has 0 aromatic carbocycles. The maximum atomic E-state index is 11.6. The summed E-state index contributed by atoms with van der Waals surface area (Å²) in [4.78, 5) is 11.6. The summed E-state index contributed by atoms with van der Waals surface area (Å²) >= 11 is 1.97. The molecule has 1 fully saturated rings. The van der Waals surface area contributed by atoms with Gasteiger partial charge in [-0.15, -0.1) is 0 Å². The normalized spacial score (nSPS) is 23.1. The van der Waals surface area contributed by atoms with Crippen molar-refractivity contribution in [3.05, 3.63) is 0 Å². The predicted octanol–water partition coefficient (Wildman–Crippen LogP) is 2.06. The van der Waals surface area contributed by atoms with Crippen molar-refractivity contribution in [1.82, 2.24) is 5.32 Å². The third-order valence-electron chi connectivity index (χ3n) is 2.79. The summed E-state index contributed by atoms with van der Waals surface area (Å²) in [6, 6.07) is 0.343. The van der Waals surface area contributed by atoms with Gasteiger partial charge in [-0.05, 0) is 30.9 Å². The fourth-order valence-electron chi connectivity index (χ4n) is 2.00. The summed E-state index contributed by atoms with van der Waals surface area (Å²) in [7, 11) is 1.47. The van der Waals surface area contributed by atoms with E-state index < -0.39 is 0 Å². The van der Waals surface area contributed by atoms with Gasteiger partial charge in [0.05, 0.1) is 7.11 Å². The maximum absolute atomic E-state index is 11.6. The first-order valence-electron chi connectivity index (χ1n) is 6.05. The van der Waals surface area contributed by atoms with E-state index >= 15 is 0 Å². The van der Waals surface area contributed by atoms with Crippen LogP contribution in [0.15, 0.2) is 0 Å². The zero-order valence-electron chi connectivity index (χ0n) is 10.5. The van der Waals surface area contributed by atoms with Crippen LogP contribution < -0.4 is 5.32 Å². The molecule has 0 radical (unpaired) electrons. The Bertz CT molecular complexity index is 215. The van der Waals surface area contributed by atoms with Crippen LogP contribution in [0, 0.1) is 5.92 Å². The van der Waals surface area contributed by atoms with Crippen molar-refractivity contribution in [2.24, 2.45) is 5.92 Å². The Kier molecular flexibility index (Phi) is 6.21. The largest absolute Gasteiger partial charge is 0.468 e. The molecule has 0 bridgehead atoms. The van der Waals surface area contributed by atoms with Gasteiger partial charge < -0.3 is 10.1 Å². The molecule has 16 heavy (non-hydrogen) atoms. The minimum atomic E-state index is -0.131. The molecule has 3 nitrogen and oxygen atoms in total. The van der Waals surface area contributed by atoms with Gasteiger partial charge in [-0.3, -0.25) is 4.79 Å². The van der Waals surface area contributed by atoms with Crippen LogP contribution in [0.2, 0.25) is 0 Å². The molecule has 1 aliphatic rings. The second-order valence-corrected chi connectivity index (χ2v) is 5.94. The minimum absolute atomic E-state index is 0.121. The van der Waals surface area contributed by atoms with Crippen LogP contribution >= 0.6 is 11.8 Å². The first-order chi connectivity index (χ1) is 7.63. The maximum Gasteiger partial charge on any atom is 0.322 e. The van der Waals surface area contributed by atoms with E-state index in [1.54, 1.807) is 0 Å². The molecule has 2 unspecified atom stereocenters. The Balaban J connectivity index is 2.44. The molecule has 0 aliphatic carbocycles. The van der Waals surface area contributed by atoms with Gasteiger partial charge in [0, 0.05) is 11.8 Å². The van der Waals surface area contributed by atoms with Crippen LogP contribution in [0.4, 0.5) is 0 Å².